The largest absolute Gasteiger partial charge is 0.619 e. The first-order valence-corrected chi connectivity index (χ1v) is 27.0. The maximum atomic E-state index is 10.2. The second-order valence-corrected chi connectivity index (χ2v) is 23.9. The molecule has 0 amide bonds. The van der Waals surface area contributed by atoms with Gasteiger partial charge in [0.15, 0.2) is 12.4 Å². The number of hydrogen-bond donors (Lipinski definition) is 0. The molecule has 0 unspecified atom stereocenters. The van der Waals surface area contributed by atoms with Crippen molar-refractivity contribution in [1.82, 2.24) is 4.98 Å². The third kappa shape index (κ3) is 212. The average Bonchev–Trinajstić information content (AvgIpc) is 3.96. The average molecular weight is 984 g/mol. The van der Waals surface area contributed by atoms with E-state index in [1.54, 1.807) is 54.5 Å². The molecule has 0 spiro atoms. The summed E-state index contributed by atoms with van der Waals surface area (Å²) in [6.07, 6.45) is 9.64. The van der Waals surface area contributed by atoms with Gasteiger partial charge in [0, 0.05) is 24.5 Å². The van der Waals surface area contributed by atoms with E-state index in [4.69, 9.17) is 0 Å². The Morgan fingerprint density at radius 3 is 0.739 bits per heavy atom. The predicted octanol–water partition coefficient (Wildman–Crippen LogP) is 22.4. The van der Waals surface area contributed by atoms with Crippen LogP contribution in [-0.4, -0.2) is 4.98 Å². The van der Waals surface area contributed by atoms with Crippen LogP contribution in [0.5, 0.6) is 0 Å². The zero-order chi connectivity index (χ0) is 56.2. The van der Waals surface area contributed by atoms with Crippen LogP contribution in [0.15, 0.2) is 143 Å². The molecule has 0 aliphatic heterocycles. The lowest BCUT2D eigenvalue weighted by Gasteiger charge is -2.18. The number of pyridine rings is 2. The van der Waals surface area contributed by atoms with Gasteiger partial charge in [-0.05, 0) is 99.3 Å². The molecule has 4 aromatic heterocycles. The summed E-state index contributed by atoms with van der Waals surface area (Å²) in [6.45, 7) is 65.2. The summed E-state index contributed by atoms with van der Waals surface area (Å²) in [5, 5.41) is 14.3. The van der Waals surface area contributed by atoms with Crippen LogP contribution >= 0.6 is 11.3 Å². The van der Waals surface area contributed by atoms with Crippen LogP contribution in [-0.2, 0) is 5.41 Å². The van der Waals surface area contributed by atoms with Crippen LogP contribution in [0.3, 0.4) is 0 Å². The third-order valence-electron chi connectivity index (χ3n) is 3.75. The fourth-order valence-corrected chi connectivity index (χ4v) is 2.54. The molecule has 4 heterocycles. The van der Waals surface area contributed by atoms with Gasteiger partial charge in [0.25, 0.3) is 0 Å². The summed E-state index contributed by atoms with van der Waals surface area (Å²) < 4.78 is 5.33. The molecule has 0 aliphatic carbocycles. The van der Waals surface area contributed by atoms with E-state index >= 15 is 0 Å². The molecule has 0 N–H and O–H groups in total. The smallest absolute Gasteiger partial charge is 0.180 e. The Morgan fingerprint density at radius 2 is 0.623 bits per heavy atom. The van der Waals surface area contributed by atoms with Crippen LogP contribution in [0.4, 0.5) is 0 Å². The zero-order valence-electron chi connectivity index (χ0n) is 51.6. The molecule has 0 saturated carbocycles. The van der Waals surface area contributed by atoms with E-state index in [1.807, 2.05) is 53.2 Å². The lowest BCUT2D eigenvalue weighted by atomic mass is 9.87. The van der Waals surface area contributed by atoms with Gasteiger partial charge in [-0.15, -0.1) is 0 Å². The van der Waals surface area contributed by atoms with Crippen LogP contribution in [0, 0.1) is 58.5 Å². The van der Waals surface area contributed by atoms with Gasteiger partial charge in [-0.2, -0.15) is 16.1 Å². The summed E-state index contributed by atoms with van der Waals surface area (Å²) >= 11 is 1.71. The summed E-state index contributed by atoms with van der Waals surface area (Å²) in [6, 6.07) is 29.1. The number of rotatable bonds is 0. The minimum atomic E-state index is 0.293. The highest BCUT2D eigenvalue weighted by Crippen LogP contribution is 2.20. The molecule has 0 radical (unpaired) electrons. The number of hydrogen-bond acceptors (Lipinski definition) is 4. The maximum Gasteiger partial charge on any atom is 0.180 e. The standard InChI is InChI=1S/C10H14.C5H5NO.C5H5N.C4H4O.C4H4S.9C4H10/c1-10(2,3)9-7-5-4-6-8-9;7-6-4-2-1-3-5-6;1-2-4-6-5-3-1;2*1-2-4-5-3-1;9*1-4(2)3/h4-8H,1-3H3;1-5H;1-5H;2*1-4H;9*4H,1-3H3. The SMILES string of the molecule is CC(C)(C)c1ccccc1.CC(C)C.CC(C)C.CC(C)C.CC(C)C.CC(C)C.CC(C)C.CC(C)C.CC(C)C.CC(C)C.[O-][n+]1ccccc1.c1ccncc1.c1ccoc1.c1ccsc1. The number of nitrogens with zero attached hydrogens (tertiary/aromatic N) is 2. The molecule has 5 heteroatoms. The molecule has 69 heavy (non-hydrogen) atoms. The monoisotopic (exact) mass is 983 g/mol. The summed E-state index contributed by atoms with van der Waals surface area (Å²) in [5.41, 5.74) is 1.69. The molecule has 0 atom stereocenters. The van der Waals surface area contributed by atoms with Crippen molar-refractivity contribution < 1.29 is 9.15 Å². The van der Waals surface area contributed by atoms with Gasteiger partial charge in [0.05, 0.1) is 12.5 Å². The molecule has 0 bridgehead atoms. The van der Waals surface area contributed by atoms with Crippen molar-refractivity contribution in [2.45, 2.75) is 213 Å². The second-order valence-electron chi connectivity index (χ2n) is 23.1. The first kappa shape index (κ1) is 85.2. The second kappa shape index (κ2) is 68.6. The Hall–Kier alpha value is -3.70. The minimum absolute atomic E-state index is 0.293. The highest BCUT2D eigenvalue weighted by Gasteiger charge is 2.11. The molecule has 1 aromatic carbocycles. The number of aromatic nitrogens is 2. The molecular weight excluding hydrogens is 861 g/mol. The van der Waals surface area contributed by atoms with Gasteiger partial charge >= 0.3 is 0 Å². The molecule has 0 fully saturated rings. The van der Waals surface area contributed by atoms with Gasteiger partial charge in [-0.25, -0.2) is 0 Å². The third-order valence-corrected chi connectivity index (χ3v) is 4.37. The van der Waals surface area contributed by atoms with E-state index in [2.05, 4.69) is 247 Å². The quantitative estimate of drug-likeness (QED) is 0.115. The Bertz CT molecular complexity index is 1210. The zero-order valence-corrected chi connectivity index (χ0v) is 52.4. The lowest BCUT2D eigenvalue weighted by Crippen LogP contribution is -2.22. The lowest BCUT2D eigenvalue weighted by molar-refractivity contribution is -0.605. The van der Waals surface area contributed by atoms with E-state index in [0.717, 1.165) is 58.0 Å². The predicted molar refractivity (Wildman–Crippen MR) is 322 cm³/mol. The van der Waals surface area contributed by atoms with E-state index < -0.39 is 0 Å². The highest BCUT2D eigenvalue weighted by molar-refractivity contribution is 7.07. The van der Waals surface area contributed by atoms with Crippen molar-refractivity contribution in [3.05, 3.63) is 150 Å². The molecule has 4 nitrogen and oxygen atoms in total. The van der Waals surface area contributed by atoms with Gasteiger partial charge in [0.1, 0.15) is 0 Å². The van der Waals surface area contributed by atoms with E-state index in [1.165, 1.54) is 18.0 Å². The minimum Gasteiger partial charge on any atom is -0.619 e. The van der Waals surface area contributed by atoms with Gasteiger partial charge in [-0.1, -0.05) is 262 Å². The Labute approximate surface area is 439 Å². The molecule has 0 aliphatic rings. The molecular formula is C64H122N2O2S. The van der Waals surface area contributed by atoms with Crippen molar-refractivity contribution in [3.8, 4) is 0 Å². The molecule has 0 saturated heterocycles. The summed E-state index contributed by atoms with van der Waals surface area (Å²) in [5.74, 6) is 7.50. The van der Waals surface area contributed by atoms with Crippen molar-refractivity contribution in [2.24, 2.45) is 53.3 Å². The molecule has 5 rings (SSSR count). The first-order valence-electron chi connectivity index (χ1n) is 26.1. The fraction of sp³-hybridized carbons (Fsp3) is 0.625. The van der Waals surface area contributed by atoms with Crippen molar-refractivity contribution in [2.75, 3.05) is 0 Å². The number of thiophene rings is 1. The van der Waals surface area contributed by atoms with Crippen molar-refractivity contribution in [3.63, 3.8) is 0 Å². The van der Waals surface area contributed by atoms with Gasteiger partial charge in [-0.3, -0.25) is 4.98 Å². The Balaban J connectivity index is -0.0000000814. The number of furan rings is 1. The topological polar surface area (TPSA) is 53.0 Å². The van der Waals surface area contributed by atoms with Crippen molar-refractivity contribution >= 4 is 11.3 Å². The highest BCUT2D eigenvalue weighted by atomic mass is 32.1. The normalized spacial score (nSPS) is 9.09. The van der Waals surface area contributed by atoms with E-state index in [-0.39, 0.29) is 0 Å². The van der Waals surface area contributed by atoms with Gasteiger partial charge < -0.3 is 9.62 Å². The fourth-order valence-electron chi connectivity index (χ4n) is 2.09. The van der Waals surface area contributed by atoms with Crippen LogP contribution in [0.1, 0.15) is 213 Å². The molecule has 406 valence electrons. The van der Waals surface area contributed by atoms with E-state index in [9.17, 15) is 5.21 Å². The van der Waals surface area contributed by atoms with Crippen LogP contribution in [0.2, 0.25) is 0 Å². The summed E-state index contributed by atoms with van der Waals surface area (Å²) in [4.78, 5) is 3.78. The first-order chi connectivity index (χ1) is 31.6. The Morgan fingerprint density at radius 1 is 0.377 bits per heavy atom. The Kier molecular flexibility index (Phi) is 84.6. The number of benzene rings is 1. The maximum absolute atomic E-state index is 10.2. The summed E-state index contributed by atoms with van der Waals surface area (Å²) in [7, 11) is 0. The van der Waals surface area contributed by atoms with Gasteiger partial charge in [0.2, 0.25) is 0 Å². The van der Waals surface area contributed by atoms with E-state index in [0.29, 0.717) is 5.41 Å². The van der Waals surface area contributed by atoms with Crippen LogP contribution in [0.25, 0.3) is 0 Å². The van der Waals surface area contributed by atoms with Crippen LogP contribution < -0.4 is 4.73 Å². The van der Waals surface area contributed by atoms with Crippen molar-refractivity contribution in [1.29, 1.82) is 0 Å². The molecule has 5 aromatic rings.